The van der Waals surface area contributed by atoms with Gasteiger partial charge in [-0.1, -0.05) is 12.2 Å². The van der Waals surface area contributed by atoms with Crippen LogP contribution in [0.15, 0.2) is 12.2 Å². The Bertz CT molecular complexity index is 194. The summed E-state index contributed by atoms with van der Waals surface area (Å²) < 4.78 is 4.68. The largest absolute Gasteiger partial charge is 0.462 e. The van der Waals surface area contributed by atoms with Crippen LogP contribution in [-0.2, 0) is 14.3 Å². The maximum Gasteiger partial charge on any atom is 0.302 e. The smallest absolute Gasteiger partial charge is 0.302 e. The highest BCUT2D eigenvalue weighted by Gasteiger charge is 1.90. The van der Waals surface area contributed by atoms with Gasteiger partial charge in [0, 0.05) is 13.3 Å². The molecule has 0 aliphatic rings. The van der Waals surface area contributed by atoms with E-state index in [0.717, 1.165) is 12.8 Å². The van der Waals surface area contributed by atoms with E-state index in [1.165, 1.54) is 6.92 Å². The minimum absolute atomic E-state index is 0.216. The average Bonchev–Trinajstić information content (AvgIpc) is 2.01. The van der Waals surface area contributed by atoms with E-state index in [-0.39, 0.29) is 11.8 Å². The first-order valence-corrected chi connectivity index (χ1v) is 4.40. The molecule has 0 aromatic carbocycles. The normalized spacial score (nSPS) is 10.3. The summed E-state index contributed by atoms with van der Waals surface area (Å²) in [7, 11) is 0. The minimum atomic E-state index is -0.270. The standard InChI is InChI=1S/C10H16O3/c1-9(11)7-5-3-4-6-8-13-10(2)12/h4,6H,3,5,7-8H2,1-2H3/b6-4+. The van der Waals surface area contributed by atoms with Gasteiger partial charge in [-0.15, -0.1) is 0 Å². The number of hydrogen-bond donors (Lipinski definition) is 0. The fourth-order valence-corrected chi connectivity index (χ4v) is 0.820. The van der Waals surface area contributed by atoms with Gasteiger partial charge in [0.25, 0.3) is 0 Å². The molecule has 0 aromatic rings. The number of ketones is 1. The maximum absolute atomic E-state index is 10.5. The second-order valence-corrected chi connectivity index (χ2v) is 2.87. The van der Waals surface area contributed by atoms with Crippen LogP contribution < -0.4 is 0 Å². The molecule has 74 valence electrons. The highest BCUT2D eigenvalue weighted by Crippen LogP contribution is 1.97. The molecule has 0 saturated carbocycles. The van der Waals surface area contributed by atoms with Gasteiger partial charge in [0.05, 0.1) is 0 Å². The Kier molecular flexibility index (Phi) is 6.88. The zero-order valence-electron chi connectivity index (χ0n) is 8.21. The molecule has 0 spiro atoms. The van der Waals surface area contributed by atoms with Crippen molar-refractivity contribution in [2.45, 2.75) is 33.1 Å². The molecule has 0 atom stereocenters. The summed E-state index contributed by atoms with van der Waals surface area (Å²) in [6.07, 6.45) is 6.07. The van der Waals surface area contributed by atoms with Gasteiger partial charge in [-0.25, -0.2) is 0 Å². The Balaban J connectivity index is 3.22. The third-order valence-electron chi connectivity index (χ3n) is 1.45. The van der Waals surface area contributed by atoms with E-state index in [9.17, 15) is 9.59 Å². The molecule has 0 aliphatic heterocycles. The number of esters is 1. The van der Waals surface area contributed by atoms with Crippen molar-refractivity contribution in [3.63, 3.8) is 0 Å². The molecule has 0 heterocycles. The van der Waals surface area contributed by atoms with Crippen LogP contribution in [0.2, 0.25) is 0 Å². The molecule has 0 fully saturated rings. The summed E-state index contributed by atoms with van der Waals surface area (Å²) >= 11 is 0. The van der Waals surface area contributed by atoms with E-state index in [4.69, 9.17) is 0 Å². The molecule has 3 nitrogen and oxygen atoms in total. The Hall–Kier alpha value is -1.12. The van der Waals surface area contributed by atoms with E-state index < -0.39 is 0 Å². The lowest BCUT2D eigenvalue weighted by Crippen LogP contribution is -1.97. The quantitative estimate of drug-likeness (QED) is 0.359. The molecule has 0 unspecified atom stereocenters. The monoisotopic (exact) mass is 184 g/mol. The van der Waals surface area contributed by atoms with Gasteiger partial charge in [0.15, 0.2) is 0 Å². The van der Waals surface area contributed by atoms with Crippen molar-refractivity contribution in [1.82, 2.24) is 0 Å². The number of carbonyl (C=O) groups excluding carboxylic acids is 2. The van der Waals surface area contributed by atoms with Crippen molar-refractivity contribution in [1.29, 1.82) is 0 Å². The molecule has 0 aliphatic carbocycles. The lowest BCUT2D eigenvalue weighted by Gasteiger charge is -1.94. The van der Waals surface area contributed by atoms with Crippen LogP contribution in [-0.4, -0.2) is 18.4 Å². The number of hydrogen-bond acceptors (Lipinski definition) is 3. The van der Waals surface area contributed by atoms with Crippen molar-refractivity contribution in [2.75, 3.05) is 6.61 Å². The van der Waals surface area contributed by atoms with Crippen LogP contribution in [0.4, 0.5) is 0 Å². The fraction of sp³-hybridized carbons (Fsp3) is 0.600. The average molecular weight is 184 g/mol. The van der Waals surface area contributed by atoms with Gasteiger partial charge in [0.1, 0.15) is 12.4 Å². The molecule has 0 amide bonds. The summed E-state index contributed by atoms with van der Waals surface area (Å²) in [5.74, 6) is -0.0539. The SMILES string of the molecule is CC(=O)CCC/C=C/COC(C)=O. The van der Waals surface area contributed by atoms with Crippen LogP contribution in [0.5, 0.6) is 0 Å². The van der Waals surface area contributed by atoms with Gasteiger partial charge >= 0.3 is 5.97 Å². The zero-order chi connectivity index (χ0) is 10.1. The van der Waals surface area contributed by atoms with Crippen molar-refractivity contribution in [3.05, 3.63) is 12.2 Å². The summed E-state index contributed by atoms with van der Waals surface area (Å²) in [5.41, 5.74) is 0. The molecular formula is C10H16O3. The number of allylic oxidation sites excluding steroid dienone is 1. The summed E-state index contributed by atoms with van der Waals surface area (Å²) in [4.78, 5) is 20.8. The topological polar surface area (TPSA) is 43.4 Å². The van der Waals surface area contributed by atoms with Gasteiger partial charge in [-0.3, -0.25) is 4.79 Å². The fourth-order valence-electron chi connectivity index (χ4n) is 0.820. The van der Waals surface area contributed by atoms with Gasteiger partial charge in [-0.2, -0.15) is 0 Å². The molecular weight excluding hydrogens is 168 g/mol. The second-order valence-electron chi connectivity index (χ2n) is 2.87. The van der Waals surface area contributed by atoms with E-state index in [0.29, 0.717) is 13.0 Å². The third kappa shape index (κ3) is 10.9. The first kappa shape index (κ1) is 11.9. The van der Waals surface area contributed by atoms with E-state index in [2.05, 4.69) is 4.74 Å². The van der Waals surface area contributed by atoms with Crippen molar-refractivity contribution in [2.24, 2.45) is 0 Å². The van der Waals surface area contributed by atoms with Gasteiger partial charge < -0.3 is 9.53 Å². The molecule has 0 saturated heterocycles. The predicted molar refractivity (Wildman–Crippen MR) is 50.3 cm³/mol. The van der Waals surface area contributed by atoms with Crippen molar-refractivity contribution in [3.8, 4) is 0 Å². The summed E-state index contributed by atoms with van der Waals surface area (Å²) in [5, 5.41) is 0. The van der Waals surface area contributed by atoms with Crippen LogP contribution in [0, 0.1) is 0 Å². The minimum Gasteiger partial charge on any atom is -0.462 e. The Morgan fingerprint density at radius 3 is 2.46 bits per heavy atom. The van der Waals surface area contributed by atoms with Gasteiger partial charge in [-0.05, 0) is 19.8 Å². The third-order valence-corrected chi connectivity index (χ3v) is 1.45. The number of Topliss-reactive ketones (excluding diaryl/α,β-unsaturated/α-hetero) is 1. The number of unbranched alkanes of at least 4 members (excludes halogenated alkanes) is 1. The number of carbonyl (C=O) groups is 2. The first-order valence-electron chi connectivity index (χ1n) is 4.40. The van der Waals surface area contributed by atoms with E-state index in [1.54, 1.807) is 13.0 Å². The lowest BCUT2D eigenvalue weighted by molar-refractivity contribution is -0.139. The summed E-state index contributed by atoms with van der Waals surface area (Å²) in [6.45, 7) is 3.29. The highest BCUT2D eigenvalue weighted by atomic mass is 16.5. The predicted octanol–water partition coefficient (Wildman–Crippen LogP) is 1.86. The van der Waals surface area contributed by atoms with E-state index in [1.807, 2.05) is 6.08 Å². The van der Waals surface area contributed by atoms with Crippen LogP contribution in [0.25, 0.3) is 0 Å². The van der Waals surface area contributed by atoms with Crippen molar-refractivity contribution >= 4 is 11.8 Å². The molecule has 0 rings (SSSR count). The molecule has 13 heavy (non-hydrogen) atoms. The second kappa shape index (κ2) is 7.53. The molecule has 0 bridgehead atoms. The number of rotatable bonds is 6. The van der Waals surface area contributed by atoms with Crippen molar-refractivity contribution < 1.29 is 14.3 Å². The Morgan fingerprint density at radius 2 is 1.92 bits per heavy atom. The van der Waals surface area contributed by atoms with Gasteiger partial charge in [0.2, 0.25) is 0 Å². The lowest BCUT2D eigenvalue weighted by atomic mass is 10.2. The van der Waals surface area contributed by atoms with E-state index >= 15 is 0 Å². The molecule has 0 radical (unpaired) electrons. The molecule has 0 N–H and O–H groups in total. The van der Waals surface area contributed by atoms with Crippen LogP contribution in [0.1, 0.15) is 33.1 Å². The molecule has 3 heteroatoms. The first-order chi connectivity index (χ1) is 6.13. The summed E-state index contributed by atoms with van der Waals surface area (Å²) in [6, 6.07) is 0. The maximum atomic E-state index is 10.5. The Morgan fingerprint density at radius 1 is 1.23 bits per heavy atom. The number of ether oxygens (including phenoxy) is 1. The molecule has 0 aromatic heterocycles. The van der Waals surface area contributed by atoms with Crippen LogP contribution >= 0.6 is 0 Å². The zero-order valence-corrected chi connectivity index (χ0v) is 8.21. The van der Waals surface area contributed by atoms with Crippen LogP contribution in [0.3, 0.4) is 0 Å². The Labute approximate surface area is 78.8 Å². The highest BCUT2D eigenvalue weighted by molar-refractivity contribution is 5.75.